The third-order valence-electron chi connectivity index (χ3n) is 1.72. The van der Waals surface area contributed by atoms with Gasteiger partial charge in [0.15, 0.2) is 0 Å². The Morgan fingerprint density at radius 1 is 1.35 bits per heavy atom. The number of rotatable bonds is 2. The highest BCUT2D eigenvalue weighted by Crippen LogP contribution is 2.30. The summed E-state index contributed by atoms with van der Waals surface area (Å²) >= 11 is 0. The lowest BCUT2D eigenvalue weighted by molar-refractivity contribution is -0.153. The molecule has 2 aromatic heterocycles. The Labute approximate surface area is 91.4 Å². The number of nitrogens with zero attached hydrogens (tertiary/aromatic N) is 2. The summed E-state index contributed by atoms with van der Waals surface area (Å²) in [5, 5.41) is 8.71. The molecule has 0 aliphatic carbocycles. The first-order chi connectivity index (χ1) is 7.97. The largest absolute Gasteiger partial charge is 0.459 e. The molecule has 0 fully saturated rings. The molecule has 0 saturated carbocycles. The third-order valence-corrected chi connectivity index (χ3v) is 1.72. The van der Waals surface area contributed by atoms with Gasteiger partial charge in [-0.15, -0.1) is 5.10 Å². The van der Waals surface area contributed by atoms with Gasteiger partial charge < -0.3 is 8.83 Å². The fourth-order valence-corrected chi connectivity index (χ4v) is 1.00. The number of hydrogen-bond donors (Lipinski definition) is 1. The van der Waals surface area contributed by atoms with E-state index in [0.29, 0.717) is 12.3 Å². The lowest BCUT2D eigenvalue weighted by Gasteiger charge is -1.99. The van der Waals surface area contributed by atoms with Gasteiger partial charge >= 0.3 is 12.2 Å². The Hall–Kier alpha value is -2.32. The van der Waals surface area contributed by atoms with E-state index in [2.05, 4.69) is 24.3 Å². The smallest absolute Gasteiger partial charge is 0.449 e. The molecule has 2 rings (SSSR count). The van der Waals surface area contributed by atoms with Gasteiger partial charge in [0.05, 0.1) is 5.56 Å². The number of aromatic nitrogens is 2. The van der Waals surface area contributed by atoms with Crippen LogP contribution in [0.3, 0.4) is 0 Å². The second-order valence-corrected chi connectivity index (χ2v) is 2.90. The van der Waals surface area contributed by atoms with Gasteiger partial charge in [0.25, 0.3) is 5.91 Å². The van der Waals surface area contributed by atoms with E-state index in [-0.39, 0.29) is 11.6 Å². The quantitative estimate of drug-likeness (QED) is 0.876. The van der Waals surface area contributed by atoms with Gasteiger partial charge in [-0.2, -0.15) is 13.2 Å². The molecule has 0 aliphatic rings. The zero-order valence-electron chi connectivity index (χ0n) is 7.99. The van der Waals surface area contributed by atoms with Crippen LogP contribution in [0.4, 0.5) is 19.2 Å². The lowest BCUT2D eigenvalue weighted by Crippen LogP contribution is -2.11. The maximum absolute atomic E-state index is 12.2. The molecule has 6 nitrogen and oxygen atoms in total. The van der Waals surface area contributed by atoms with Gasteiger partial charge in [-0.1, -0.05) is 5.10 Å². The Morgan fingerprint density at radius 3 is 2.65 bits per heavy atom. The first-order valence-electron chi connectivity index (χ1n) is 4.20. The zero-order chi connectivity index (χ0) is 12.5. The summed E-state index contributed by atoms with van der Waals surface area (Å²) < 4.78 is 45.3. The fraction of sp³-hybridized carbons (Fsp3) is 0.125. The van der Waals surface area contributed by atoms with Crippen LogP contribution < -0.4 is 5.32 Å². The summed E-state index contributed by atoms with van der Waals surface area (Å²) in [6.45, 7) is 0. The van der Waals surface area contributed by atoms with Gasteiger partial charge in [-0.3, -0.25) is 10.1 Å². The summed E-state index contributed by atoms with van der Waals surface area (Å²) in [4.78, 5) is 11.4. The number of anilines is 1. The molecule has 9 heteroatoms. The van der Waals surface area contributed by atoms with E-state index in [9.17, 15) is 18.0 Å². The maximum atomic E-state index is 12.2. The van der Waals surface area contributed by atoms with Gasteiger partial charge in [0, 0.05) is 6.07 Å². The molecule has 0 atom stereocenters. The minimum atomic E-state index is -4.64. The molecular formula is C8H4F3N3O3. The first kappa shape index (κ1) is 11.2. The second-order valence-electron chi connectivity index (χ2n) is 2.90. The van der Waals surface area contributed by atoms with E-state index in [1.165, 1.54) is 0 Å². The predicted molar refractivity (Wildman–Crippen MR) is 46.0 cm³/mol. The number of halogens is 3. The molecule has 0 aliphatic heterocycles. The summed E-state index contributed by atoms with van der Waals surface area (Å²) in [6.07, 6.45) is -2.98. The van der Waals surface area contributed by atoms with E-state index >= 15 is 0 Å². The van der Waals surface area contributed by atoms with Gasteiger partial charge in [0.2, 0.25) is 12.2 Å². The number of hydrogen-bond acceptors (Lipinski definition) is 5. The number of nitrogens with one attached hydrogen (secondary N) is 1. The van der Waals surface area contributed by atoms with Gasteiger partial charge in [-0.05, 0) is 0 Å². The van der Waals surface area contributed by atoms with Crippen LogP contribution in [-0.2, 0) is 6.18 Å². The van der Waals surface area contributed by atoms with E-state index in [1.807, 2.05) is 0 Å². The predicted octanol–water partition coefficient (Wildman–Crippen LogP) is 1.93. The molecule has 90 valence electrons. The Morgan fingerprint density at radius 2 is 2.12 bits per heavy atom. The van der Waals surface area contributed by atoms with Crippen molar-refractivity contribution in [3.05, 3.63) is 30.0 Å². The van der Waals surface area contributed by atoms with Crippen LogP contribution in [0, 0.1) is 0 Å². The molecule has 2 heterocycles. The van der Waals surface area contributed by atoms with E-state index in [4.69, 9.17) is 0 Å². The zero-order valence-corrected chi connectivity index (χ0v) is 7.99. The van der Waals surface area contributed by atoms with Crippen molar-refractivity contribution in [1.82, 2.24) is 10.2 Å². The number of amides is 1. The summed E-state index contributed by atoms with van der Waals surface area (Å²) in [5.41, 5.74) is -0.296. The van der Waals surface area contributed by atoms with Crippen molar-refractivity contribution in [2.24, 2.45) is 0 Å². The van der Waals surface area contributed by atoms with Crippen LogP contribution in [0.15, 0.2) is 27.6 Å². The number of carbonyl (C=O) groups excluding carboxylic acids is 1. The highest BCUT2D eigenvalue weighted by molar-refractivity contribution is 6.02. The monoisotopic (exact) mass is 247 g/mol. The summed E-state index contributed by atoms with van der Waals surface area (Å²) in [5.74, 6) is -2.10. The van der Waals surface area contributed by atoms with Crippen molar-refractivity contribution in [3.63, 3.8) is 0 Å². The highest BCUT2D eigenvalue weighted by atomic mass is 19.4. The van der Waals surface area contributed by atoms with Crippen LogP contribution in [0.5, 0.6) is 0 Å². The van der Waals surface area contributed by atoms with Gasteiger partial charge in [-0.25, -0.2) is 0 Å². The normalized spacial score (nSPS) is 11.5. The maximum Gasteiger partial charge on any atom is 0.449 e. The second kappa shape index (κ2) is 3.92. The molecule has 0 saturated heterocycles. The van der Waals surface area contributed by atoms with Crippen molar-refractivity contribution in [1.29, 1.82) is 0 Å². The SMILES string of the molecule is O=C(Nc1nnco1)c1coc(C(F)(F)F)c1. The van der Waals surface area contributed by atoms with E-state index < -0.39 is 17.8 Å². The fourth-order valence-electron chi connectivity index (χ4n) is 1.00. The number of furan rings is 1. The average molecular weight is 247 g/mol. The van der Waals surface area contributed by atoms with Crippen LogP contribution in [0.2, 0.25) is 0 Å². The minimum Gasteiger partial charge on any atom is -0.459 e. The lowest BCUT2D eigenvalue weighted by atomic mass is 10.3. The molecule has 1 amide bonds. The van der Waals surface area contributed by atoms with Crippen molar-refractivity contribution < 1.29 is 26.8 Å². The standard InChI is InChI=1S/C8H4F3N3O3/c9-8(10,11)5-1-4(2-16-5)6(15)13-7-14-12-3-17-7/h1-3H,(H,13,14,15). The van der Waals surface area contributed by atoms with Crippen molar-refractivity contribution in [2.45, 2.75) is 6.18 Å². The van der Waals surface area contributed by atoms with Crippen LogP contribution >= 0.6 is 0 Å². The third kappa shape index (κ3) is 2.44. The molecule has 17 heavy (non-hydrogen) atoms. The van der Waals surface area contributed by atoms with Gasteiger partial charge in [0.1, 0.15) is 6.26 Å². The van der Waals surface area contributed by atoms with Crippen molar-refractivity contribution in [3.8, 4) is 0 Å². The Bertz CT molecular complexity index is 518. The molecule has 1 N–H and O–H groups in total. The number of carbonyl (C=O) groups is 1. The van der Waals surface area contributed by atoms with Crippen molar-refractivity contribution in [2.75, 3.05) is 5.32 Å². The number of alkyl halides is 3. The average Bonchev–Trinajstić information content (AvgIpc) is 2.85. The summed E-state index contributed by atoms with van der Waals surface area (Å²) in [7, 11) is 0. The van der Waals surface area contributed by atoms with E-state index in [1.54, 1.807) is 0 Å². The topological polar surface area (TPSA) is 81.2 Å². The van der Waals surface area contributed by atoms with Crippen LogP contribution in [0.1, 0.15) is 16.1 Å². The first-order valence-corrected chi connectivity index (χ1v) is 4.20. The molecule has 0 bridgehead atoms. The molecule has 0 aromatic carbocycles. The molecular weight excluding hydrogens is 243 g/mol. The molecule has 2 aromatic rings. The Balaban J connectivity index is 2.13. The van der Waals surface area contributed by atoms with E-state index in [0.717, 1.165) is 6.39 Å². The molecule has 0 radical (unpaired) electrons. The minimum absolute atomic E-state index is 0.218. The van der Waals surface area contributed by atoms with Crippen LogP contribution in [0.25, 0.3) is 0 Å². The Kier molecular flexibility index (Phi) is 2.58. The molecule has 0 unspecified atom stereocenters. The van der Waals surface area contributed by atoms with Crippen molar-refractivity contribution >= 4 is 11.9 Å². The highest BCUT2D eigenvalue weighted by Gasteiger charge is 2.35. The summed E-state index contributed by atoms with van der Waals surface area (Å²) in [6, 6.07) is 0.357. The molecule has 0 spiro atoms. The van der Waals surface area contributed by atoms with Crippen LogP contribution in [-0.4, -0.2) is 16.1 Å².